The predicted molar refractivity (Wildman–Crippen MR) is 77.2 cm³/mol. The Bertz CT molecular complexity index is 542. The first kappa shape index (κ1) is 14.4. The number of nitrogens with zero attached hydrogens (tertiary/aromatic N) is 2. The van der Waals surface area contributed by atoms with Gasteiger partial charge in [-0.15, -0.1) is 10.2 Å². The summed E-state index contributed by atoms with van der Waals surface area (Å²) in [6, 6.07) is 5.18. The first-order valence-electron chi connectivity index (χ1n) is 6.16. The van der Waals surface area contributed by atoms with Gasteiger partial charge >= 0.3 is 0 Å². The van der Waals surface area contributed by atoms with Gasteiger partial charge < -0.3 is 5.32 Å². The van der Waals surface area contributed by atoms with Crippen LogP contribution in [-0.4, -0.2) is 16.7 Å². The topological polar surface area (TPSA) is 37.8 Å². The lowest BCUT2D eigenvalue weighted by Crippen LogP contribution is -2.14. The van der Waals surface area contributed by atoms with E-state index in [-0.39, 0.29) is 5.82 Å². The quantitative estimate of drug-likeness (QED) is 0.826. The molecule has 0 fully saturated rings. The van der Waals surface area contributed by atoms with Crippen LogP contribution in [0.3, 0.4) is 0 Å². The molecule has 0 saturated heterocycles. The van der Waals surface area contributed by atoms with Crippen molar-refractivity contribution >= 4 is 23.1 Å². The van der Waals surface area contributed by atoms with Crippen molar-refractivity contribution in [1.82, 2.24) is 15.5 Å². The molecule has 0 radical (unpaired) electrons. The number of aromatic nitrogens is 2. The fourth-order valence-corrected chi connectivity index (χ4v) is 3.50. The number of rotatable bonds is 6. The Hall–Kier alpha value is -0.980. The molecule has 0 unspecified atom stereocenters. The van der Waals surface area contributed by atoms with Gasteiger partial charge in [-0.25, -0.2) is 4.39 Å². The molecule has 102 valence electrons. The summed E-state index contributed by atoms with van der Waals surface area (Å²) in [5, 5.41) is 12.2. The minimum Gasteiger partial charge on any atom is -0.313 e. The zero-order valence-electron chi connectivity index (χ0n) is 10.9. The highest BCUT2D eigenvalue weighted by atomic mass is 32.2. The molecule has 0 saturated carbocycles. The monoisotopic (exact) mass is 297 g/mol. The van der Waals surface area contributed by atoms with Crippen molar-refractivity contribution in [2.75, 3.05) is 6.54 Å². The molecular weight excluding hydrogens is 281 g/mol. The van der Waals surface area contributed by atoms with E-state index in [0.717, 1.165) is 27.9 Å². The highest BCUT2D eigenvalue weighted by Crippen LogP contribution is 2.34. The Balaban J connectivity index is 2.17. The van der Waals surface area contributed by atoms with Crippen molar-refractivity contribution in [3.63, 3.8) is 0 Å². The summed E-state index contributed by atoms with van der Waals surface area (Å²) in [6.07, 6.45) is 1.06. The number of hydrogen-bond acceptors (Lipinski definition) is 5. The van der Waals surface area contributed by atoms with Gasteiger partial charge in [0, 0.05) is 6.54 Å². The maximum Gasteiger partial charge on any atom is 0.179 e. The van der Waals surface area contributed by atoms with Gasteiger partial charge in [-0.1, -0.05) is 42.2 Å². The summed E-state index contributed by atoms with van der Waals surface area (Å²) in [5.41, 5.74) is 0.964. The van der Waals surface area contributed by atoms with E-state index in [9.17, 15) is 4.39 Å². The largest absolute Gasteiger partial charge is 0.313 e. The minimum absolute atomic E-state index is 0.200. The molecule has 6 heteroatoms. The number of halogens is 1. The summed E-state index contributed by atoms with van der Waals surface area (Å²) >= 11 is 2.83. The van der Waals surface area contributed by atoms with Gasteiger partial charge in [0.1, 0.15) is 10.8 Å². The van der Waals surface area contributed by atoms with Gasteiger partial charge in [-0.3, -0.25) is 0 Å². The molecule has 2 rings (SSSR count). The van der Waals surface area contributed by atoms with E-state index in [4.69, 9.17) is 0 Å². The van der Waals surface area contributed by atoms with E-state index in [1.807, 2.05) is 13.0 Å². The fraction of sp³-hybridized carbons (Fsp3) is 0.385. The van der Waals surface area contributed by atoms with Crippen LogP contribution in [0, 0.1) is 12.7 Å². The molecule has 3 nitrogen and oxygen atoms in total. The second-order valence-electron chi connectivity index (χ2n) is 4.09. The molecule has 1 heterocycles. The van der Waals surface area contributed by atoms with Crippen LogP contribution in [-0.2, 0) is 6.54 Å². The normalized spacial score (nSPS) is 10.9. The highest BCUT2D eigenvalue weighted by Gasteiger charge is 2.12. The lowest BCUT2D eigenvalue weighted by molar-refractivity contribution is 0.588. The Morgan fingerprint density at radius 3 is 2.89 bits per heavy atom. The third kappa shape index (κ3) is 3.99. The van der Waals surface area contributed by atoms with Gasteiger partial charge in [0.15, 0.2) is 4.34 Å². The van der Waals surface area contributed by atoms with Crippen LogP contribution in [0.5, 0.6) is 0 Å². The lowest BCUT2D eigenvalue weighted by Gasteiger charge is -2.09. The van der Waals surface area contributed by atoms with Crippen LogP contribution in [0.1, 0.15) is 23.9 Å². The molecule has 0 aliphatic rings. The third-order valence-electron chi connectivity index (χ3n) is 2.49. The van der Waals surface area contributed by atoms with Crippen molar-refractivity contribution in [2.24, 2.45) is 0 Å². The Labute approximate surface area is 120 Å². The first-order valence-corrected chi connectivity index (χ1v) is 7.80. The predicted octanol–water partition coefficient (Wildman–Crippen LogP) is 3.64. The summed E-state index contributed by atoms with van der Waals surface area (Å²) in [4.78, 5) is 0.641. The average Bonchev–Trinajstić information content (AvgIpc) is 2.79. The third-order valence-corrected chi connectivity index (χ3v) is 4.54. The van der Waals surface area contributed by atoms with Gasteiger partial charge in [0.2, 0.25) is 0 Å². The minimum atomic E-state index is -0.200. The molecule has 2 aromatic rings. The maximum absolute atomic E-state index is 14.0. The van der Waals surface area contributed by atoms with E-state index in [1.165, 1.54) is 29.2 Å². The molecule has 1 aromatic heterocycles. The second-order valence-corrected chi connectivity index (χ2v) is 6.53. The van der Waals surface area contributed by atoms with Crippen molar-refractivity contribution in [3.8, 4) is 0 Å². The molecule has 0 aliphatic carbocycles. The van der Waals surface area contributed by atoms with Gasteiger partial charge in [0.05, 0.1) is 4.90 Å². The van der Waals surface area contributed by atoms with Gasteiger partial charge in [-0.05, 0) is 31.5 Å². The van der Waals surface area contributed by atoms with Crippen LogP contribution >= 0.6 is 23.1 Å². The zero-order chi connectivity index (χ0) is 13.7. The van der Waals surface area contributed by atoms with Gasteiger partial charge in [0.25, 0.3) is 0 Å². The van der Waals surface area contributed by atoms with E-state index in [1.54, 1.807) is 6.07 Å². The van der Waals surface area contributed by atoms with Crippen LogP contribution in [0.15, 0.2) is 27.4 Å². The molecule has 1 N–H and O–H groups in total. The van der Waals surface area contributed by atoms with Crippen molar-refractivity contribution in [3.05, 3.63) is 34.6 Å². The van der Waals surface area contributed by atoms with Crippen molar-refractivity contribution in [1.29, 1.82) is 0 Å². The van der Waals surface area contributed by atoms with Gasteiger partial charge in [-0.2, -0.15) is 0 Å². The van der Waals surface area contributed by atoms with Crippen molar-refractivity contribution in [2.45, 2.75) is 36.0 Å². The summed E-state index contributed by atoms with van der Waals surface area (Å²) in [5.74, 6) is -0.200. The number of nitrogens with one attached hydrogen (secondary N) is 1. The highest BCUT2D eigenvalue weighted by molar-refractivity contribution is 8.01. The van der Waals surface area contributed by atoms with E-state index in [2.05, 4.69) is 22.4 Å². The van der Waals surface area contributed by atoms with Crippen LogP contribution in [0.4, 0.5) is 4.39 Å². The lowest BCUT2D eigenvalue weighted by atomic mass is 10.2. The van der Waals surface area contributed by atoms with E-state index in [0.29, 0.717) is 11.4 Å². The summed E-state index contributed by atoms with van der Waals surface area (Å²) < 4.78 is 14.7. The Morgan fingerprint density at radius 1 is 1.37 bits per heavy atom. The van der Waals surface area contributed by atoms with Crippen molar-refractivity contribution < 1.29 is 4.39 Å². The first-order chi connectivity index (χ1) is 9.20. The molecule has 0 bridgehead atoms. The number of benzene rings is 1. The fourth-order valence-electron chi connectivity index (χ4n) is 1.61. The van der Waals surface area contributed by atoms with E-state index >= 15 is 0 Å². The molecule has 0 amide bonds. The van der Waals surface area contributed by atoms with Crippen LogP contribution < -0.4 is 5.32 Å². The molecule has 1 aromatic carbocycles. The summed E-state index contributed by atoms with van der Waals surface area (Å²) in [6.45, 7) is 5.61. The zero-order valence-corrected chi connectivity index (χ0v) is 12.6. The molecule has 0 aliphatic heterocycles. The van der Waals surface area contributed by atoms with E-state index < -0.39 is 0 Å². The second kappa shape index (κ2) is 6.98. The smallest absolute Gasteiger partial charge is 0.179 e. The Morgan fingerprint density at radius 2 is 2.21 bits per heavy atom. The standard InChI is InChI=1S/C13H16FN3S2/c1-3-7-15-8-10-5-4-6-11(14)12(10)19-13-17-16-9(2)18-13/h4-6,15H,3,7-8H2,1-2H3. The number of aryl methyl sites for hydroxylation is 1. The molecule has 19 heavy (non-hydrogen) atoms. The average molecular weight is 297 g/mol. The van der Waals surface area contributed by atoms with Crippen LogP contribution in [0.2, 0.25) is 0 Å². The Kier molecular flexibility index (Phi) is 5.30. The molecular formula is C13H16FN3S2. The van der Waals surface area contributed by atoms with Crippen LogP contribution in [0.25, 0.3) is 0 Å². The summed E-state index contributed by atoms with van der Waals surface area (Å²) in [7, 11) is 0. The SMILES string of the molecule is CCCNCc1cccc(F)c1Sc1nnc(C)s1. The molecule has 0 atom stereocenters. The molecule has 0 spiro atoms. The number of hydrogen-bond donors (Lipinski definition) is 1. The maximum atomic E-state index is 14.0.